The number of benzene rings is 1. The van der Waals surface area contributed by atoms with Gasteiger partial charge in [0.2, 0.25) is 0 Å². The molecule has 1 aliphatic rings. The Morgan fingerprint density at radius 3 is 2.86 bits per heavy atom. The van der Waals surface area contributed by atoms with Gasteiger partial charge in [-0.15, -0.1) is 11.3 Å². The molecule has 0 spiro atoms. The fraction of sp³-hybridized carbons (Fsp3) is 0.250. The number of anilines is 1. The first-order valence-corrected chi connectivity index (χ1v) is 9.51. The topological polar surface area (TPSA) is 97.7 Å². The average molecular weight is 398 g/mol. The SMILES string of the molecule is C[C@H](OC(=O)/C=C/c1ccc2c(c1)OCCCO2)C(=O)Nc1sccc1C#N. The molecule has 8 heteroatoms. The van der Waals surface area contributed by atoms with Gasteiger partial charge in [0.05, 0.1) is 18.8 Å². The molecule has 0 unspecified atom stereocenters. The predicted octanol–water partition coefficient (Wildman–Crippen LogP) is 3.36. The van der Waals surface area contributed by atoms with Crippen molar-refractivity contribution in [3.05, 3.63) is 46.8 Å². The molecule has 1 aliphatic heterocycles. The molecule has 7 nitrogen and oxygen atoms in total. The highest BCUT2D eigenvalue weighted by Gasteiger charge is 2.18. The number of hydrogen-bond donors (Lipinski definition) is 1. The van der Waals surface area contributed by atoms with Gasteiger partial charge in [-0.25, -0.2) is 4.79 Å². The van der Waals surface area contributed by atoms with E-state index < -0.39 is 18.0 Å². The molecular weight excluding hydrogens is 380 g/mol. The molecule has 2 aromatic rings. The Bertz CT molecular complexity index is 944. The Morgan fingerprint density at radius 2 is 2.07 bits per heavy atom. The van der Waals surface area contributed by atoms with Gasteiger partial charge in [0.15, 0.2) is 17.6 Å². The van der Waals surface area contributed by atoms with Crippen LogP contribution in [0.3, 0.4) is 0 Å². The van der Waals surface area contributed by atoms with Crippen LogP contribution in [0.25, 0.3) is 6.08 Å². The van der Waals surface area contributed by atoms with E-state index >= 15 is 0 Å². The average Bonchev–Trinajstić information content (AvgIpc) is 3.00. The number of ether oxygens (including phenoxy) is 3. The van der Waals surface area contributed by atoms with Crippen LogP contribution in [0.2, 0.25) is 0 Å². The number of thiophene rings is 1. The lowest BCUT2D eigenvalue weighted by molar-refractivity contribution is -0.148. The molecule has 0 saturated carbocycles. The molecule has 144 valence electrons. The van der Waals surface area contributed by atoms with Crippen molar-refractivity contribution in [2.45, 2.75) is 19.4 Å². The third-order valence-corrected chi connectivity index (χ3v) is 4.70. The maximum atomic E-state index is 12.1. The van der Waals surface area contributed by atoms with Crippen molar-refractivity contribution < 1.29 is 23.8 Å². The van der Waals surface area contributed by atoms with Crippen molar-refractivity contribution in [1.29, 1.82) is 5.26 Å². The summed E-state index contributed by atoms with van der Waals surface area (Å²) in [7, 11) is 0. The van der Waals surface area contributed by atoms with Gasteiger partial charge >= 0.3 is 5.97 Å². The minimum absolute atomic E-state index is 0.367. The number of nitrogens with one attached hydrogen (secondary N) is 1. The molecule has 1 aromatic heterocycles. The second-order valence-electron chi connectivity index (χ2n) is 5.93. The van der Waals surface area contributed by atoms with Gasteiger partial charge < -0.3 is 19.5 Å². The second kappa shape index (κ2) is 9.06. The molecule has 28 heavy (non-hydrogen) atoms. The lowest BCUT2D eigenvalue weighted by Gasteiger charge is -2.11. The molecule has 1 atom stereocenters. The third kappa shape index (κ3) is 4.90. The van der Waals surface area contributed by atoms with Gasteiger partial charge in [-0.2, -0.15) is 5.26 Å². The van der Waals surface area contributed by atoms with E-state index in [1.54, 1.807) is 35.7 Å². The van der Waals surface area contributed by atoms with Crippen molar-refractivity contribution >= 4 is 34.3 Å². The van der Waals surface area contributed by atoms with Crippen LogP contribution < -0.4 is 14.8 Å². The van der Waals surface area contributed by atoms with Crippen LogP contribution in [-0.2, 0) is 14.3 Å². The number of carbonyl (C=O) groups is 2. The number of amides is 1. The van der Waals surface area contributed by atoms with Crippen molar-refractivity contribution in [3.63, 3.8) is 0 Å². The highest BCUT2D eigenvalue weighted by Crippen LogP contribution is 2.30. The molecule has 1 aromatic carbocycles. The highest BCUT2D eigenvalue weighted by molar-refractivity contribution is 7.14. The largest absolute Gasteiger partial charge is 0.490 e. The summed E-state index contributed by atoms with van der Waals surface area (Å²) in [6.45, 7) is 2.65. The van der Waals surface area contributed by atoms with Gasteiger partial charge in [-0.05, 0) is 42.1 Å². The summed E-state index contributed by atoms with van der Waals surface area (Å²) in [5, 5.41) is 13.7. The first-order chi connectivity index (χ1) is 13.6. The summed E-state index contributed by atoms with van der Waals surface area (Å²) < 4.78 is 16.3. The Labute approximate surface area is 166 Å². The summed E-state index contributed by atoms with van der Waals surface area (Å²) in [6.07, 6.45) is 2.63. The lowest BCUT2D eigenvalue weighted by atomic mass is 10.2. The van der Waals surface area contributed by atoms with Crippen LogP contribution in [0.4, 0.5) is 5.00 Å². The lowest BCUT2D eigenvalue weighted by Crippen LogP contribution is -2.29. The number of esters is 1. The molecule has 2 heterocycles. The molecule has 3 rings (SSSR count). The summed E-state index contributed by atoms with van der Waals surface area (Å²) in [4.78, 5) is 24.1. The highest BCUT2D eigenvalue weighted by atomic mass is 32.1. The van der Waals surface area contributed by atoms with Crippen molar-refractivity contribution in [2.24, 2.45) is 0 Å². The van der Waals surface area contributed by atoms with E-state index in [9.17, 15) is 9.59 Å². The zero-order valence-corrected chi connectivity index (χ0v) is 16.0. The van der Waals surface area contributed by atoms with Crippen molar-refractivity contribution in [3.8, 4) is 17.6 Å². The normalized spacial score (nSPS) is 14.0. The van der Waals surface area contributed by atoms with E-state index in [4.69, 9.17) is 19.5 Å². The van der Waals surface area contributed by atoms with Gasteiger partial charge in [-0.1, -0.05) is 6.07 Å². The van der Waals surface area contributed by atoms with E-state index in [0.717, 1.165) is 12.0 Å². The van der Waals surface area contributed by atoms with Crippen LogP contribution in [0.5, 0.6) is 11.5 Å². The molecule has 0 saturated heterocycles. The molecule has 0 radical (unpaired) electrons. The zero-order valence-electron chi connectivity index (χ0n) is 15.1. The molecule has 1 amide bonds. The van der Waals surface area contributed by atoms with Crippen LogP contribution in [0.1, 0.15) is 24.5 Å². The smallest absolute Gasteiger partial charge is 0.331 e. The van der Waals surface area contributed by atoms with Crippen molar-refractivity contribution in [1.82, 2.24) is 0 Å². The van der Waals surface area contributed by atoms with Gasteiger partial charge in [0.25, 0.3) is 5.91 Å². The number of nitrogens with zero attached hydrogens (tertiary/aromatic N) is 1. The minimum atomic E-state index is -1.01. The number of hydrogen-bond acceptors (Lipinski definition) is 7. The van der Waals surface area contributed by atoms with Crippen LogP contribution in [0, 0.1) is 11.3 Å². The number of rotatable bonds is 5. The summed E-state index contributed by atoms with van der Waals surface area (Å²) in [5.74, 6) is 0.149. The molecular formula is C20H18N2O5S. The van der Waals surface area contributed by atoms with E-state index in [1.165, 1.54) is 24.3 Å². The van der Waals surface area contributed by atoms with E-state index in [0.29, 0.717) is 35.3 Å². The maximum Gasteiger partial charge on any atom is 0.331 e. The first-order valence-electron chi connectivity index (χ1n) is 8.63. The Kier molecular flexibility index (Phi) is 6.29. The molecule has 1 N–H and O–H groups in total. The van der Waals surface area contributed by atoms with Crippen LogP contribution in [0.15, 0.2) is 35.7 Å². The van der Waals surface area contributed by atoms with E-state index in [-0.39, 0.29) is 0 Å². The second-order valence-corrected chi connectivity index (χ2v) is 6.85. The summed E-state index contributed by atoms with van der Waals surface area (Å²) in [6, 6.07) is 8.95. The van der Waals surface area contributed by atoms with Crippen molar-refractivity contribution in [2.75, 3.05) is 18.5 Å². The summed E-state index contributed by atoms with van der Waals surface area (Å²) >= 11 is 1.23. The number of nitriles is 1. The predicted molar refractivity (Wildman–Crippen MR) is 104 cm³/mol. The fourth-order valence-corrected chi connectivity index (χ4v) is 3.16. The van der Waals surface area contributed by atoms with Crippen LogP contribution in [-0.4, -0.2) is 31.2 Å². The standard InChI is InChI=1S/C20H18N2O5S/c1-13(19(24)22-20-15(12-21)7-10-28-20)27-18(23)6-4-14-3-5-16-17(11-14)26-9-2-8-25-16/h3-7,10-11,13H,2,8-9H2,1H3,(H,22,24)/b6-4+/t13-/m0/s1. The zero-order chi connectivity index (χ0) is 19.9. The Balaban J connectivity index is 1.56. The Hall–Kier alpha value is -3.31. The molecule has 0 aliphatic carbocycles. The maximum absolute atomic E-state index is 12.1. The van der Waals surface area contributed by atoms with Gasteiger partial charge in [-0.3, -0.25) is 4.79 Å². The summed E-state index contributed by atoms with van der Waals surface area (Å²) in [5.41, 5.74) is 1.11. The molecule has 0 bridgehead atoms. The fourth-order valence-electron chi connectivity index (χ4n) is 2.42. The van der Waals surface area contributed by atoms with E-state index in [2.05, 4.69) is 5.32 Å². The monoisotopic (exact) mass is 398 g/mol. The quantitative estimate of drug-likeness (QED) is 0.613. The molecule has 0 fully saturated rings. The third-order valence-electron chi connectivity index (χ3n) is 3.87. The van der Waals surface area contributed by atoms with Crippen LogP contribution >= 0.6 is 11.3 Å². The number of fused-ring (bicyclic) bond motifs is 1. The van der Waals surface area contributed by atoms with Gasteiger partial charge in [0.1, 0.15) is 11.1 Å². The van der Waals surface area contributed by atoms with E-state index in [1.807, 2.05) is 6.07 Å². The van der Waals surface area contributed by atoms with Gasteiger partial charge in [0, 0.05) is 12.5 Å². The number of carbonyl (C=O) groups excluding carboxylic acids is 2. The minimum Gasteiger partial charge on any atom is -0.490 e. The Morgan fingerprint density at radius 1 is 1.29 bits per heavy atom. The first kappa shape index (κ1) is 19.5.